The monoisotopic (exact) mass is 526 g/mol. The SMILES string of the molecule is CN1CCN(C(=O)C(COCc2ccccc2)NC(=O)c2cc(F)cnc2Oc2ccc(Cl)cc2)CC1. The number of carbonyl (C=O) groups is 2. The molecule has 1 fully saturated rings. The molecule has 2 heterocycles. The van der Waals surface area contributed by atoms with E-state index in [0.29, 0.717) is 23.9 Å². The van der Waals surface area contributed by atoms with Crippen LogP contribution in [0.3, 0.4) is 0 Å². The highest BCUT2D eigenvalue weighted by Crippen LogP contribution is 2.25. The van der Waals surface area contributed by atoms with Crippen LogP contribution in [0.15, 0.2) is 66.9 Å². The highest BCUT2D eigenvalue weighted by molar-refractivity contribution is 6.30. The number of hydrogen-bond donors (Lipinski definition) is 1. The molecule has 0 aliphatic carbocycles. The van der Waals surface area contributed by atoms with E-state index in [-0.39, 0.29) is 30.6 Å². The fourth-order valence-corrected chi connectivity index (χ4v) is 3.94. The van der Waals surface area contributed by atoms with Crippen molar-refractivity contribution < 1.29 is 23.5 Å². The van der Waals surface area contributed by atoms with E-state index in [9.17, 15) is 14.0 Å². The van der Waals surface area contributed by atoms with Gasteiger partial charge in [-0.1, -0.05) is 41.9 Å². The van der Waals surface area contributed by atoms with Crippen molar-refractivity contribution in [3.8, 4) is 11.6 Å². The molecule has 1 N–H and O–H groups in total. The lowest BCUT2D eigenvalue weighted by molar-refractivity contribution is -0.136. The van der Waals surface area contributed by atoms with Crippen molar-refractivity contribution in [3.05, 3.63) is 88.8 Å². The highest BCUT2D eigenvalue weighted by atomic mass is 35.5. The predicted molar refractivity (Wildman–Crippen MR) is 137 cm³/mol. The number of nitrogens with zero attached hydrogens (tertiary/aromatic N) is 3. The van der Waals surface area contributed by atoms with Gasteiger partial charge in [-0.15, -0.1) is 0 Å². The number of benzene rings is 2. The second-order valence-electron chi connectivity index (χ2n) is 8.72. The minimum atomic E-state index is -0.980. The molecule has 2 amide bonds. The van der Waals surface area contributed by atoms with Crippen molar-refractivity contribution in [2.75, 3.05) is 39.8 Å². The predicted octanol–water partition coefficient (Wildman–Crippen LogP) is 3.76. The summed E-state index contributed by atoms with van der Waals surface area (Å²) in [5.74, 6) is -1.41. The van der Waals surface area contributed by atoms with E-state index in [1.165, 1.54) is 0 Å². The number of hydrogen-bond acceptors (Lipinski definition) is 6. The van der Waals surface area contributed by atoms with Gasteiger partial charge in [-0.3, -0.25) is 9.59 Å². The van der Waals surface area contributed by atoms with Gasteiger partial charge in [0.1, 0.15) is 23.2 Å². The number of piperazine rings is 1. The van der Waals surface area contributed by atoms with Gasteiger partial charge in [-0.05, 0) is 42.9 Å². The maximum Gasteiger partial charge on any atom is 0.257 e. The fraction of sp³-hybridized carbons (Fsp3) is 0.296. The van der Waals surface area contributed by atoms with Crippen LogP contribution in [-0.4, -0.2) is 72.5 Å². The summed E-state index contributed by atoms with van der Waals surface area (Å²) in [6.07, 6.45) is 0.956. The van der Waals surface area contributed by atoms with E-state index in [2.05, 4.69) is 15.2 Å². The van der Waals surface area contributed by atoms with Gasteiger partial charge in [0.15, 0.2) is 0 Å². The molecule has 10 heteroatoms. The Bertz CT molecular complexity index is 1200. The van der Waals surface area contributed by atoms with Crippen molar-refractivity contribution in [1.29, 1.82) is 0 Å². The summed E-state index contributed by atoms with van der Waals surface area (Å²) in [5, 5.41) is 3.23. The Kier molecular flexibility index (Phi) is 9.05. The molecule has 0 radical (unpaired) electrons. The lowest BCUT2D eigenvalue weighted by Crippen LogP contribution is -2.55. The van der Waals surface area contributed by atoms with Gasteiger partial charge in [-0.2, -0.15) is 0 Å². The van der Waals surface area contributed by atoms with Crippen LogP contribution in [0.25, 0.3) is 0 Å². The Morgan fingerprint density at radius 1 is 1.08 bits per heavy atom. The van der Waals surface area contributed by atoms with E-state index < -0.39 is 17.8 Å². The molecule has 1 aliphatic heterocycles. The maximum absolute atomic E-state index is 14.1. The Hall–Kier alpha value is -3.53. The Labute approximate surface area is 219 Å². The van der Waals surface area contributed by atoms with Crippen LogP contribution >= 0.6 is 11.6 Å². The quantitative estimate of drug-likeness (QED) is 0.457. The largest absolute Gasteiger partial charge is 0.438 e. The van der Waals surface area contributed by atoms with Crippen LogP contribution in [0.5, 0.6) is 11.6 Å². The van der Waals surface area contributed by atoms with Gasteiger partial charge in [0.2, 0.25) is 11.8 Å². The molecule has 1 unspecified atom stereocenters. The summed E-state index contributed by atoms with van der Waals surface area (Å²) in [4.78, 5) is 34.4. The summed E-state index contributed by atoms with van der Waals surface area (Å²) in [6, 6.07) is 16.0. The number of carbonyl (C=O) groups excluding carboxylic acids is 2. The summed E-state index contributed by atoms with van der Waals surface area (Å²) in [7, 11) is 1.99. The summed E-state index contributed by atoms with van der Waals surface area (Å²) >= 11 is 5.92. The van der Waals surface area contributed by atoms with Gasteiger partial charge >= 0.3 is 0 Å². The van der Waals surface area contributed by atoms with Crippen molar-refractivity contribution >= 4 is 23.4 Å². The number of rotatable bonds is 9. The van der Waals surface area contributed by atoms with Crippen LogP contribution < -0.4 is 10.1 Å². The van der Waals surface area contributed by atoms with E-state index in [1.807, 2.05) is 37.4 Å². The number of nitrogens with one attached hydrogen (secondary N) is 1. The Morgan fingerprint density at radius 2 is 1.78 bits per heavy atom. The number of ether oxygens (including phenoxy) is 2. The van der Waals surface area contributed by atoms with Gasteiger partial charge in [0, 0.05) is 31.2 Å². The number of likely N-dealkylation sites (N-methyl/N-ethyl adjacent to an activating group) is 1. The summed E-state index contributed by atoms with van der Waals surface area (Å²) in [6.45, 7) is 2.74. The van der Waals surface area contributed by atoms with Gasteiger partial charge in [-0.25, -0.2) is 9.37 Å². The number of aromatic nitrogens is 1. The third kappa shape index (κ3) is 7.48. The zero-order chi connectivity index (χ0) is 26.2. The molecule has 0 saturated carbocycles. The first-order valence-electron chi connectivity index (χ1n) is 11.9. The van der Waals surface area contributed by atoms with Crippen LogP contribution in [0, 0.1) is 5.82 Å². The standard InChI is InChI=1S/C27H28ClFN4O4/c1-32-11-13-33(14-12-32)27(35)24(18-36-17-19-5-3-2-4-6-19)31-25(34)23-15-21(29)16-30-26(23)37-22-9-7-20(28)8-10-22/h2-10,15-16,24H,11-14,17-18H2,1H3,(H,31,34). The molecule has 4 rings (SSSR count). The van der Waals surface area contributed by atoms with E-state index in [1.54, 1.807) is 29.2 Å². The molecular weight excluding hydrogens is 499 g/mol. The first-order valence-corrected chi connectivity index (χ1v) is 12.3. The van der Waals surface area contributed by atoms with Crippen LogP contribution in [-0.2, 0) is 16.1 Å². The molecule has 194 valence electrons. The number of halogens is 2. The molecule has 3 aromatic rings. The minimum Gasteiger partial charge on any atom is -0.438 e. The minimum absolute atomic E-state index is 0.0536. The molecule has 0 bridgehead atoms. The molecule has 0 spiro atoms. The molecular formula is C27H28ClFN4O4. The van der Waals surface area contributed by atoms with Gasteiger partial charge in [0.25, 0.3) is 5.91 Å². The lowest BCUT2D eigenvalue weighted by Gasteiger charge is -2.34. The van der Waals surface area contributed by atoms with E-state index in [0.717, 1.165) is 30.9 Å². The third-order valence-electron chi connectivity index (χ3n) is 5.90. The van der Waals surface area contributed by atoms with E-state index in [4.69, 9.17) is 21.1 Å². The molecule has 1 atom stereocenters. The topological polar surface area (TPSA) is 84.0 Å². The van der Waals surface area contributed by atoms with Gasteiger partial charge < -0.3 is 24.6 Å². The van der Waals surface area contributed by atoms with E-state index >= 15 is 0 Å². The van der Waals surface area contributed by atoms with Crippen LogP contribution in [0.4, 0.5) is 4.39 Å². The molecule has 37 heavy (non-hydrogen) atoms. The lowest BCUT2D eigenvalue weighted by atomic mass is 10.2. The first-order chi connectivity index (χ1) is 17.9. The van der Waals surface area contributed by atoms with Crippen molar-refractivity contribution in [2.45, 2.75) is 12.6 Å². The average Bonchev–Trinajstić information content (AvgIpc) is 2.91. The summed E-state index contributed by atoms with van der Waals surface area (Å²) in [5.41, 5.74) is 0.793. The zero-order valence-corrected chi connectivity index (χ0v) is 21.2. The van der Waals surface area contributed by atoms with Crippen molar-refractivity contribution in [3.63, 3.8) is 0 Å². The smallest absolute Gasteiger partial charge is 0.257 e. The third-order valence-corrected chi connectivity index (χ3v) is 6.16. The summed E-state index contributed by atoms with van der Waals surface area (Å²) < 4.78 is 25.6. The van der Waals surface area contributed by atoms with Crippen molar-refractivity contribution in [1.82, 2.24) is 20.1 Å². The zero-order valence-electron chi connectivity index (χ0n) is 20.4. The molecule has 1 aromatic heterocycles. The maximum atomic E-state index is 14.1. The van der Waals surface area contributed by atoms with Crippen LogP contribution in [0.1, 0.15) is 15.9 Å². The Morgan fingerprint density at radius 3 is 2.49 bits per heavy atom. The normalized spacial score (nSPS) is 14.7. The van der Waals surface area contributed by atoms with Crippen molar-refractivity contribution in [2.24, 2.45) is 0 Å². The molecule has 1 saturated heterocycles. The number of amides is 2. The van der Waals surface area contributed by atoms with Crippen LogP contribution in [0.2, 0.25) is 5.02 Å². The average molecular weight is 527 g/mol. The molecule has 8 nitrogen and oxygen atoms in total. The first kappa shape index (κ1) is 26.5. The number of pyridine rings is 1. The van der Waals surface area contributed by atoms with Gasteiger partial charge in [0.05, 0.1) is 19.4 Å². The molecule has 1 aliphatic rings. The fourth-order valence-electron chi connectivity index (χ4n) is 3.81. The second-order valence-corrected chi connectivity index (χ2v) is 9.15. The highest BCUT2D eigenvalue weighted by Gasteiger charge is 2.30. The molecule has 2 aromatic carbocycles. The second kappa shape index (κ2) is 12.6. The Balaban J connectivity index is 1.51.